The fourth-order valence-electron chi connectivity index (χ4n) is 6.69. The molecule has 1 aliphatic heterocycles. The van der Waals surface area contributed by atoms with Crippen LogP contribution in [-0.2, 0) is 24.3 Å². The maximum atomic E-state index is 12.6. The van der Waals surface area contributed by atoms with Crippen LogP contribution < -0.4 is 22.3 Å². The van der Waals surface area contributed by atoms with Crippen LogP contribution in [0.3, 0.4) is 0 Å². The third kappa shape index (κ3) is 11.5. The molecule has 7 nitrogen and oxygen atoms in total. The van der Waals surface area contributed by atoms with Gasteiger partial charge in [-0.15, -0.1) is 0 Å². The van der Waals surface area contributed by atoms with Gasteiger partial charge in [0.15, 0.2) is 0 Å². The fourth-order valence-corrected chi connectivity index (χ4v) is 11.8. The Morgan fingerprint density at radius 3 is 1.59 bits per heavy atom. The molecule has 0 aromatic carbocycles. The molecular formula is C32H61BrNO6P. The molecule has 3 fully saturated rings. The van der Waals surface area contributed by atoms with Crippen LogP contribution in [0, 0.1) is 11.3 Å². The van der Waals surface area contributed by atoms with Crippen LogP contribution >= 0.6 is 7.26 Å². The van der Waals surface area contributed by atoms with Gasteiger partial charge in [0.2, 0.25) is 11.6 Å². The van der Waals surface area contributed by atoms with Crippen molar-refractivity contribution in [2.24, 2.45) is 11.3 Å². The molecule has 1 N–H and O–H groups in total. The fraction of sp³-hybridized carbons (Fsp3) is 0.969. The zero-order valence-electron chi connectivity index (χ0n) is 27.1. The summed E-state index contributed by atoms with van der Waals surface area (Å²) in [6, 6.07) is 0. The van der Waals surface area contributed by atoms with Crippen molar-refractivity contribution >= 4 is 13.4 Å². The Bertz CT molecular complexity index is 713. The number of amides is 1. The predicted octanol–water partition coefficient (Wildman–Crippen LogP) is 6.01. The number of halogens is 1. The van der Waals surface area contributed by atoms with Crippen molar-refractivity contribution < 1.29 is 46.1 Å². The summed E-state index contributed by atoms with van der Waals surface area (Å²) >= 11 is 0. The molecule has 1 saturated heterocycles. The zero-order valence-corrected chi connectivity index (χ0v) is 29.6. The second kappa shape index (κ2) is 17.5. The lowest BCUT2D eigenvalue weighted by Crippen LogP contribution is -3.00. The van der Waals surface area contributed by atoms with Crippen LogP contribution in [0.25, 0.3) is 0 Å². The summed E-state index contributed by atoms with van der Waals surface area (Å²) in [6.45, 7) is 14.5. The first kappa shape index (κ1) is 37.2. The van der Waals surface area contributed by atoms with E-state index in [-0.39, 0.29) is 34.6 Å². The van der Waals surface area contributed by atoms with Gasteiger partial charge >= 0.3 is 6.09 Å². The lowest BCUT2D eigenvalue weighted by molar-refractivity contribution is -0.663. The first-order valence-electron chi connectivity index (χ1n) is 16.6. The van der Waals surface area contributed by atoms with E-state index in [4.69, 9.17) is 24.3 Å². The van der Waals surface area contributed by atoms with E-state index in [1.807, 2.05) is 0 Å². The average molecular weight is 667 g/mol. The summed E-state index contributed by atoms with van der Waals surface area (Å²) in [5.41, 5.74) is 0.285. The highest BCUT2D eigenvalue weighted by Gasteiger charge is 2.52. The lowest BCUT2D eigenvalue weighted by Gasteiger charge is -2.48. The SMILES string of the molecule is CCCC[P+](CCCC)(CCCC)CCCNC(=O)OC1CCC2(CC1)OOC1(CCC(C(C)(C)C)CC1)OO2.[Br-]. The number of alkyl carbamates (subject to hydrolysis) is 1. The summed E-state index contributed by atoms with van der Waals surface area (Å²) in [6.07, 6.45) is 20.2. The van der Waals surface area contributed by atoms with Crippen molar-refractivity contribution in [2.45, 2.75) is 156 Å². The number of carbonyl (C=O) groups is 1. The van der Waals surface area contributed by atoms with Gasteiger partial charge in [0.05, 0.1) is 24.6 Å². The summed E-state index contributed by atoms with van der Waals surface area (Å²) < 4.78 is 5.77. The lowest BCUT2D eigenvalue weighted by atomic mass is 9.71. The Morgan fingerprint density at radius 1 is 0.756 bits per heavy atom. The van der Waals surface area contributed by atoms with Crippen LogP contribution in [0.15, 0.2) is 0 Å². The van der Waals surface area contributed by atoms with Gasteiger partial charge in [0, 0.05) is 39.5 Å². The molecule has 2 saturated carbocycles. The average Bonchev–Trinajstić information content (AvgIpc) is 2.94. The van der Waals surface area contributed by atoms with Crippen molar-refractivity contribution in [2.75, 3.05) is 31.2 Å². The van der Waals surface area contributed by atoms with Gasteiger partial charge in [-0.2, -0.15) is 19.6 Å². The molecule has 2 spiro atoms. The van der Waals surface area contributed by atoms with E-state index in [1.54, 1.807) is 0 Å². The molecule has 9 heteroatoms. The molecule has 3 aliphatic rings. The van der Waals surface area contributed by atoms with Gasteiger partial charge in [-0.05, 0) is 62.7 Å². The van der Waals surface area contributed by atoms with Crippen molar-refractivity contribution in [1.29, 1.82) is 0 Å². The molecule has 41 heavy (non-hydrogen) atoms. The number of ether oxygens (including phenoxy) is 1. The second-order valence-electron chi connectivity index (χ2n) is 14.0. The van der Waals surface area contributed by atoms with E-state index >= 15 is 0 Å². The highest BCUT2D eigenvalue weighted by atomic mass is 79.9. The van der Waals surface area contributed by atoms with E-state index in [9.17, 15) is 4.79 Å². The van der Waals surface area contributed by atoms with E-state index < -0.39 is 18.8 Å². The van der Waals surface area contributed by atoms with Crippen LogP contribution in [0.5, 0.6) is 0 Å². The first-order valence-corrected chi connectivity index (χ1v) is 19.1. The number of hydrogen-bond donors (Lipinski definition) is 1. The Labute approximate surface area is 262 Å². The molecule has 1 amide bonds. The number of carbonyl (C=O) groups excluding carboxylic acids is 1. The Hall–Kier alpha value is 0.0200. The van der Waals surface area contributed by atoms with Crippen LogP contribution in [0.1, 0.15) is 138 Å². The summed E-state index contributed by atoms with van der Waals surface area (Å²) in [5.74, 6) is -1.04. The molecule has 0 aromatic rings. The van der Waals surface area contributed by atoms with Gasteiger partial charge in [0.25, 0.3) is 0 Å². The largest absolute Gasteiger partial charge is 1.00 e. The van der Waals surface area contributed by atoms with E-state index in [0.717, 1.165) is 32.1 Å². The standard InChI is InChI=1S/C32H60NO6P.BrH/c1-7-10-23-40(24-11-8-2,25-12-9-3)26-13-22-33-29(34)35-28-16-20-32(21-17-28)38-36-31(37-39-32)18-14-27(15-19-31)30(4,5)6;/h27-28H,7-26H2,1-6H3;1H. The first-order chi connectivity index (χ1) is 19.1. The van der Waals surface area contributed by atoms with Gasteiger partial charge < -0.3 is 27.0 Å². The minimum Gasteiger partial charge on any atom is -1.00 e. The minimum atomic E-state index is -0.927. The topological polar surface area (TPSA) is 75.3 Å². The molecule has 0 aromatic heterocycles. The number of unbranched alkanes of at least 4 members (excludes halogenated alkanes) is 3. The van der Waals surface area contributed by atoms with Gasteiger partial charge in [-0.3, -0.25) is 0 Å². The highest BCUT2D eigenvalue weighted by Crippen LogP contribution is 2.61. The molecule has 242 valence electrons. The molecule has 3 rings (SSSR count). The molecule has 2 aliphatic carbocycles. The Balaban J connectivity index is 0.00000588. The summed E-state index contributed by atoms with van der Waals surface area (Å²) in [5, 5.41) is 3.04. The van der Waals surface area contributed by atoms with E-state index in [2.05, 4.69) is 46.9 Å². The van der Waals surface area contributed by atoms with Crippen LogP contribution in [0.4, 0.5) is 4.79 Å². The van der Waals surface area contributed by atoms with Crippen molar-refractivity contribution in [3.63, 3.8) is 0 Å². The molecule has 0 unspecified atom stereocenters. The quantitative estimate of drug-likeness (QED) is 0.139. The maximum Gasteiger partial charge on any atom is 0.407 e. The number of nitrogens with one attached hydrogen (secondary N) is 1. The second-order valence-corrected chi connectivity index (χ2v) is 18.4. The predicted molar refractivity (Wildman–Crippen MR) is 164 cm³/mol. The van der Waals surface area contributed by atoms with Crippen molar-refractivity contribution in [3.05, 3.63) is 0 Å². The molecule has 0 radical (unpaired) electrons. The summed E-state index contributed by atoms with van der Waals surface area (Å²) in [7, 11) is -0.927. The van der Waals surface area contributed by atoms with Gasteiger partial charge in [0.1, 0.15) is 6.10 Å². The maximum absolute atomic E-state index is 12.6. The molecule has 0 bridgehead atoms. The normalized spacial score (nSPS) is 28.8. The van der Waals surface area contributed by atoms with E-state index in [0.29, 0.717) is 38.1 Å². The number of rotatable bonds is 14. The zero-order chi connectivity index (χ0) is 29.1. The van der Waals surface area contributed by atoms with Gasteiger partial charge in [-0.1, -0.05) is 60.8 Å². The molecular weight excluding hydrogens is 605 g/mol. The summed E-state index contributed by atoms with van der Waals surface area (Å²) in [4.78, 5) is 36.1. The third-order valence-corrected chi connectivity index (χ3v) is 14.7. The number of hydrogen-bond acceptors (Lipinski definition) is 6. The minimum absolute atomic E-state index is 0. The van der Waals surface area contributed by atoms with Crippen molar-refractivity contribution in [1.82, 2.24) is 5.32 Å². The van der Waals surface area contributed by atoms with Crippen LogP contribution in [-0.4, -0.2) is 55.0 Å². The molecule has 0 atom stereocenters. The Morgan fingerprint density at radius 2 is 1.17 bits per heavy atom. The third-order valence-electron chi connectivity index (χ3n) is 9.67. The van der Waals surface area contributed by atoms with Crippen molar-refractivity contribution in [3.8, 4) is 0 Å². The monoisotopic (exact) mass is 665 g/mol. The van der Waals surface area contributed by atoms with Crippen LogP contribution in [0.2, 0.25) is 0 Å². The van der Waals surface area contributed by atoms with Gasteiger partial charge in [-0.25, -0.2) is 4.79 Å². The highest BCUT2D eigenvalue weighted by molar-refractivity contribution is 7.75. The van der Waals surface area contributed by atoms with E-state index in [1.165, 1.54) is 63.2 Å². The molecule has 1 heterocycles. The Kier molecular flexibility index (Phi) is 15.9. The smallest absolute Gasteiger partial charge is 0.407 e.